The van der Waals surface area contributed by atoms with E-state index in [1.165, 1.54) is 117 Å². The maximum absolute atomic E-state index is 11.0. The van der Waals surface area contributed by atoms with Crippen molar-refractivity contribution in [3.05, 3.63) is 0 Å². The fourth-order valence-electron chi connectivity index (χ4n) is 11.7. The third-order valence-corrected chi connectivity index (χ3v) is 16.3. The van der Waals surface area contributed by atoms with Gasteiger partial charge in [0.15, 0.2) is 0 Å². The number of nitrogens with one attached hydrogen (secondary N) is 2. The predicted octanol–water partition coefficient (Wildman–Crippen LogP) is 2.62. The van der Waals surface area contributed by atoms with E-state index in [1.807, 2.05) is 0 Å². The standard InChI is InChI=1S/2C12H25N3.2C12H22N2O2.H3N.H2O/c2*1-13-11-4-3-5-12(10-11)15-8-6-14(2)7-9-15;2*1-13-5-7-14(8-6-13)11-4-2-3-10(9-11)12(15)16;;/h2*11-13H,3-10H2,1-2H3;2*10-11H,2-9H2,1H3,(H,15,16);1H3;1H2/t2*11-,12+;2*10-,11+;;/m1010../s1. The lowest BCUT2D eigenvalue weighted by molar-refractivity contribution is -0.144. The molecular weight excluding hydrogens is 811 g/mol. The van der Waals surface area contributed by atoms with Crippen LogP contribution in [0.1, 0.15) is 103 Å². The van der Waals surface area contributed by atoms with Crippen LogP contribution in [0, 0.1) is 11.8 Å². The molecule has 9 N–H and O–H groups in total. The van der Waals surface area contributed by atoms with Crippen LogP contribution in [0.25, 0.3) is 0 Å². The van der Waals surface area contributed by atoms with E-state index in [1.54, 1.807) is 0 Å². The van der Waals surface area contributed by atoms with Gasteiger partial charge >= 0.3 is 11.9 Å². The Hall–Kier alpha value is -1.54. The molecule has 0 aromatic heterocycles. The smallest absolute Gasteiger partial charge is 0.306 e. The molecule has 0 aromatic carbocycles. The van der Waals surface area contributed by atoms with Gasteiger partial charge in [-0.2, -0.15) is 0 Å². The van der Waals surface area contributed by atoms with Crippen LogP contribution in [0.3, 0.4) is 0 Å². The first-order valence-corrected chi connectivity index (χ1v) is 25.4. The highest BCUT2D eigenvalue weighted by Crippen LogP contribution is 2.30. The highest BCUT2D eigenvalue weighted by atomic mass is 16.4. The van der Waals surface area contributed by atoms with Gasteiger partial charge in [0, 0.05) is 141 Å². The Kier molecular flexibility index (Phi) is 26.7. The second-order valence-electron chi connectivity index (χ2n) is 20.7. The van der Waals surface area contributed by atoms with Gasteiger partial charge < -0.3 is 52.1 Å². The van der Waals surface area contributed by atoms with E-state index in [-0.39, 0.29) is 23.5 Å². The molecule has 4 saturated carbocycles. The zero-order valence-corrected chi connectivity index (χ0v) is 41.7. The normalized spacial score (nSPS) is 33.6. The molecular formula is C48H99N11O5. The molecule has 0 spiro atoms. The van der Waals surface area contributed by atoms with E-state index in [2.05, 4.69) is 92.1 Å². The molecule has 8 rings (SSSR count). The Balaban J connectivity index is 0.000000225. The van der Waals surface area contributed by atoms with Crippen LogP contribution in [0.5, 0.6) is 0 Å². The first kappa shape index (κ1) is 56.8. The van der Waals surface area contributed by atoms with Gasteiger partial charge in [-0.05, 0) is 119 Å². The van der Waals surface area contributed by atoms with Crippen molar-refractivity contribution < 1.29 is 25.3 Å². The lowest BCUT2D eigenvalue weighted by Crippen LogP contribution is -2.51. The zero-order chi connectivity index (χ0) is 44.4. The van der Waals surface area contributed by atoms with Crippen LogP contribution >= 0.6 is 0 Å². The van der Waals surface area contributed by atoms with Crippen molar-refractivity contribution in [3.63, 3.8) is 0 Å². The minimum atomic E-state index is -0.598. The third kappa shape index (κ3) is 18.9. The summed E-state index contributed by atoms with van der Waals surface area (Å²) in [7, 11) is 13.0. The largest absolute Gasteiger partial charge is 0.481 e. The fraction of sp³-hybridized carbons (Fsp3) is 0.958. The van der Waals surface area contributed by atoms with Gasteiger partial charge in [-0.3, -0.25) is 29.2 Å². The molecule has 0 aromatic rings. The molecule has 4 heterocycles. The van der Waals surface area contributed by atoms with Crippen molar-refractivity contribution in [2.45, 2.75) is 139 Å². The van der Waals surface area contributed by atoms with Gasteiger partial charge in [0.25, 0.3) is 0 Å². The number of hydrogen-bond acceptors (Lipinski definition) is 13. The highest BCUT2D eigenvalue weighted by molar-refractivity contribution is 5.70. The van der Waals surface area contributed by atoms with Crippen LogP contribution in [0.2, 0.25) is 0 Å². The average Bonchev–Trinajstić information content (AvgIpc) is 3.31. The third-order valence-electron chi connectivity index (χ3n) is 16.3. The van der Waals surface area contributed by atoms with Crippen LogP contribution < -0.4 is 16.8 Å². The Labute approximate surface area is 390 Å². The molecule has 4 aliphatic heterocycles. The highest BCUT2D eigenvalue weighted by Gasteiger charge is 2.33. The zero-order valence-electron chi connectivity index (χ0n) is 41.7. The number of likely N-dealkylation sites (N-methyl/N-ethyl adjacent to an activating group) is 4. The molecule has 4 aliphatic carbocycles. The van der Waals surface area contributed by atoms with E-state index >= 15 is 0 Å². The van der Waals surface area contributed by atoms with Crippen molar-refractivity contribution in [2.24, 2.45) is 11.8 Å². The molecule has 16 nitrogen and oxygen atoms in total. The number of rotatable bonds is 8. The molecule has 8 atom stereocenters. The van der Waals surface area contributed by atoms with Crippen molar-refractivity contribution in [2.75, 3.05) is 147 Å². The quantitative estimate of drug-likeness (QED) is 0.239. The van der Waals surface area contributed by atoms with Gasteiger partial charge in [-0.15, -0.1) is 0 Å². The molecule has 4 saturated heterocycles. The fourth-order valence-corrected chi connectivity index (χ4v) is 11.7. The SMILES string of the molecule is CN1CCN([C@@H]2CCC[C@H](C(=O)O)C2)CC1.CN1CCN([C@H]2CCC[C@@H](C(=O)O)C2)CC1.CN[C@@H]1CCC[C@H](N2CCN(C)CC2)C1.CN[C@H]1CCC[C@@H](N2CCN(C)CC2)C1.N.O. The van der Waals surface area contributed by atoms with Gasteiger partial charge in [0.1, 0.15) is 0 Å². The van der Waals surface area contributed by atoms with Gasteiger partial charge in [-0.25, -0.2) is 0 Å². The predicted molar refractivity (Wildman–Crippen MR) is 262 cm³/mol. The van der Waals surface area contributed by atoms with Crippen molar-refractivity contribution >= 4 is 11.9 Å². The lowest BCUT2D eigenvalue weighted by atomic mass is 9.85. The molecule has 0 bridgehead atoms. The average molecular weight is 910 g/mol. The maximum Gasteiger partial charge on any atom is 0.306 e. The first-order valence-electron chi connectivity index (χ1n) is 25.4. The Morgan fingerprint density at radius 2 is 0.625 bits per heavy atom. The van der Waals surface area contributed by atoms with Gasteiger partial charge in [-0.1, -0.05) is 25.7 Å². The molecule has 64 heavy (non-hydrogen) atoms. The number of carboxylic acids is 2. The molecule has 16 heteroatoms. The second kappa shape index (κ2) is 30.1. The van der Waals surface area contributed by atoms with E-state index in [0.29, 0.717) is 12.1 Å². The molecule has 8 aliphatic rings. The number of carboxylic acid groups (broad SMARTS) is 2. The minimum absolute atomic E-state index is 0. The van der Waals surface area contributed by atoms with E-state index in [0.717, 1.165) is 115 Å². The summed E-state index contributed by atoms with van der Waals surface area (Å²) in [4.78, 5) is 42.0. The van der Waals surface area contributed by atoms with Crippen LogP contribution in [0.15, 0.2) is 0 Å². The number of carbonyl (C=O) groups is 2. The summed E-state index contributed by atoms with van der Waals surface area (Å²) in [5, 5.41) is 25.0. The number of aliphatic carboxylic acids is 2. The first-order chi connectivity index (χ1) is 29.9. The maximum atomic E-state index is 11.0. The van der Waals surface area contributed by atoms with Crippen LogP contribution in [0.4, 0.5) is 0 Å². The lowest BCUT2D eigenvalue weighted by Gasteiger charge is -2.41. The number of hydrogen-bond donors (Lipinski definition) is 5. The molecule has 0 amide bonds. The van der Waals surface area contributed by atoms with Crippen LogP contribution in [-0.4, -0.2) is 250 Å². The minimum Gasteiger partial charge on any atom is -0.481 e. The summed E-state index contributed by atoms with van der Waals surface area (Å²) in [6.45, 7) is 19.0. The Bertz CT molecular complexity index is 1160. The summed E-state index contributed by atoms with van der Waals surface area (Å²) in [6, 6.07) is 4.27. The van der Waals surface area contributed by atoms with E-state index in [4.69, 9.17) is 10.2 Å². The molecule has 0 unspecified atom stereocenters. The second-order valence-corrected chi connectivity index (χ2v) is 20.7. The summed E-state index contributed by atoms with van der Waals surface area (Å²) < 4.78 is 0. The molecule has 8 fully saturated rings. The Morgan fingerprint density at radius 1 is 0.391 bits per heavy atom. The van der Waals surface area contributed by atoms with E-state index in [9.17, 15) is 9.59 Å². The van der Waals surface area contributed by atoms with Gasteiger partial charge in [0.05, 0.1) is 11.8 Å². The summed E-state index contributed by atoms with van der Waals surface area (Å²) >= 11 is 0. The molecule has 0 radical (unpaired) electrons. The summed E-state index contributed by atoms with van der Waals surface area (Å²) in [6.07, 6.45) is 19.1. The topological polar surface area (TPSA) is 191 Å². The van der Waals surface area contributed by atoms with Crippen molar-refractivity contribution in [3.8, 4) is 0 Å². The number of piperazine rings is 4. The Morgan fingerprint density at radius 3 is 0.859 bits per heavy atom. The molecule has 376 valence electrons. The summed E-state index contributed by atoms with van der Waals surface area (Å²) in [5.74, 6) is -1.39. The number of nitrogens with zero attached hydrogens (tertiary/aromatic N) is 8. The monoisotopic (exact) mass is 910 g/mol. The van der Waals surface area contributed by atoms with Crippen molar-refractivity contribution in [1.29, 1.82) is 0 Å². The van der Waals surface area contributed by atoms with Crippen molar-refractivity contribution in [1.82, 2.24) is 56.0 Å². The van der Waals surface area contributed by atoms with E-state index < -0.39 is 11.9 Å². The summed E-state index contributed by atoms with van der Waals surface area (Å²) in [5.41, 5.74) is 0. The van der Waals surface area contributed by atoms with Crippen LogP contribution in [-0.2, 0) is 9.59 Å². The van der Waals surface area contributed by atoms with Gasteiger partial charge in [0.2, 0.25) is 0 Å².